The number of allylic oxidation sites excluding steroid dienone is 1. The molecule has 3 heteroatoms. The summed E-state index contributed by atoms with van der Waals surface area (Å²) in [6.07, 6.45) is 7.83. The normalized spacial score (nSPS) is 15.2. The Morgan fingerprint density at radius 3 is 2.29 bits per heavy atom. The van der Waals surface area contributed by atoms with Crippen LogP contribution in [0, 0.1) is 0 Å². The fourth-order valence-electron chi connectivity index (χ4n) is 2.65. The number of carbonyl (C=O) groups is 1. The number of ketones is 1. The highest BCUT2D eigenvalue weighted by atomic mass is 16.5. The first-order chi connectivity index (χ1) is 11.8. The van der Waals surface area contributed by atoms with Gasteiger partial charge in [0.1, 0.15) is 0 Å². The fraction of sp³-hybridized carbons (Fsp3) is 0.286. The van der Waals surface area contributed by atoms with Gasteiger partial charge in [0.15, 0.2) is 17.3 Å². The Hall–Kier alpha value is -2.55. The van der Waals surface area contributed by atoms with Gasteiger partial charge in [-0.25, -0.2) is 0 Å². The van der Waals surface area contributed by atoms with Gasteiger partial charge in [-0.2, -0.15) is 0 Å². The van der Waals surface area contributed by atoms with Crippen molar-refractivity contribution in [1.29, 1.82) is 0 Å². The number of hydrogen-bond donors (Lipinski definition) is 0. The average molecular weight is 322 g/mol. The fourth-order valence-corrected chi connectivity index (χ4v) is 2.65. The first kappa shape index (κ1) is 16.3. The van der Waals surface area contributed by atoms with Gasteiger partial charge in [0, 0.05) is 5.56 Å². The van der Waals surface area contributed by atoms with E-state index in [4.69, 9.17) is 9.47 Å². The van der Waals surface area contributed by atoms with E-state index in [2.05, 4.69) is 0 Å². The molecule has 2 aromatic carbocycles. The van der Waals surface area contributed by atoms with Crippen LogP contribution in [0.25, 0.3) is 6.08 Å². The molecule has 0 saturated carbocycles. The van der Waals surface area contributed by atoms with Gasteiger partial charge in [-0.15, -0.1) is 0 Å². The first-order valence-electron chi connectivity index (χ1n) is 8.50. The van der Waals surface area contributed by atoms with Crippen molar-refractivity contribution in [3.8, 4) is 11.5 Å². The second kappa shape index (κ2) is 8.34. The SMILES string of the molecule is O=C(C=Cc1ccccc1)c1ccc2c(c1)OCCCCCCO2. The lowest BCUT2D eigenvalue weighted by molar-refractivity contribution is 0.104. The Balaban J connectivity index is 1.76. The molecule has 0 fully saturated rings. The van der Waals surface area contributed by atoms with Gasteiger partial charge in [0.25, 0.3) is 0 Å². The van der Waals surface area contributed by atoms with Gasteiger partial charge < -0.3 is 9.47 Å². The van der Waals surface area contributed by atoms with E-state index in [0.29, 0.717) is 24.5 Å². The van der Waals surface area contributed by atoms with Crippen molar-refractivity contribution in [3.63, 3.8) is 0 Å². The molecule has 0 bridgehead atoms. The zero-order valence-electron chi connectivity index (χ0n) is 13.7. The number of rotatable bonds is 3. The zero-order chi connectivity index (χ0) is 16.6. The minimum atomic E-state index is -0.0395. The third-order valence-corrected chi connectivity index (χ3v) is 4.01. The standard InChI is InChI=1S/C21H22O3/c22-19(12-10-17-8-4-3-5-9-17)18-11-13-20-21(16-18)24-15-7-2-1-6-14-23-20/h3-5,8-13,16H,1-2,6-7,14-15H2. The number of hydrogen-bond acceptors (Lipinski definition) is 3. The van der Waals surface area contributed by atoms with Gasteiger partial charge in [-0.3, -0.25) is 4.79 Å². The molecule has 0 amide bonds. The van der Waals surface area contributed by atoms with Crippen LogP contribution in [0.2, 0.25) is 0 Å². The van der Waals surface area contributed by atoms with Gasteiger partial charge in [-0.05, 0) is 55.5 Å². The molecule has 124 valence electrons. The number of fused-ring (bicyclic) bond motifs is 1. The molecule has 0 N–H and O–H groups in total. The second-order valence-corrected chi connectivity index (χ2v) is 5.88. The van der Waals surface area contributed by atoms with E-state index in [0.717, 1.165) is 30.6 Å². The molecule has 0 unspecified atom stereocenters. The lowest BCUT2D eigenvalue weighted by Gasteiger charge is -2.15. The van der Waals surface area contributed by atoms with Crippen LogP contribution >= 0.6 is 0 Å². The molecule has 0 spiro atoms. The molecule has 0 radical (unpaired) electrons. The second-order valence-electron chi connectivity index (χ2n) is 5.88. The third kappa shape index (κ3) is 4.48. The van der Waals surface area contributed by atoms with Gasteiger partial charge in [0.2, 0.25) is 0 Å². The summed E-state index contributed by atoms with van der Waals surface area (Å²) in [5.41, 5.74) is 1.62. The van der Waals surface area contributed by atoms with Crippen molar-refractivity contribution in [2.24, 2.45) is 0 Å². The van der Waals surface area contributed by atoms with E-state index in [1.807, 2.05) is 42.5 Å². The summed E-state index contributed by atoms with van der Waals surface area (Å²) in [5.74, 6) is 1.35. The van der Waals surface area contributed by atoms with Crippen molar-refractivity contribution in [2.45, 2.75) is 25.7 Å². The van der Waals surface area contributed by atoms with Crippen molar-refractivity contribution in [2.75, 3.05) is 13.2 Å². The highest BCUT2D eigenvalue weighted by Gasteiger charge is 2.11. The molecule has 0 aromatic heterocycles. The summed E-state index contributed by atoms with van der Waals surface area (Å²) < 4.78 is 11.6. The summed E-state index contributed by atoms with van der Waals surface area (Å²) >= 11 is 0. The topological polar surface area (TPSA) is 35.5 Å². The van der Waals surface area contributed by atoms with Crippen molar-refractivity contribution < 1.29 is 14.3 Å². The quantitative estimate of drug-likeness (QED) is 0.594. The predicted molar refractivity (Wildman–Crippen MR) is 95.7 cm³/mol. The molecular weight excluding hydrogens is 300 g/mol. The van der Waals surface area contributed by atoms with Crippen LogP contribution in [-0.2, 0) is 0 Å². The number of ether oxygens (including phenoxy) is 2. The maximum Gasteiger partial charge on any atom is 0.185 e. The summed E-state index contributed by atoms with van der Waals surface area (Å²) in [6.45, 7) is 1.35. The molecule has 1 aliphatic heterocycles. The van der Waals surface area contributed by atoms with Crippen molar-refractivity contribution in [1.82, 2.24) is 0 Å². The largest absolute Gasteiger partial charge is 0.490 e. The van der Waals surface area contributed by atoms with E-state index in [9.17, 15) is 4.79 Å². The van der Waals surface area contributed by atoms with E-state index in [-0.39, 0.29) is 5.78 Å². The number of carbonyl (C=O) groups excluding carboxylic acids is 1. The molecule has 1 heterocycles. The predicted octanol–water partition coefficient (Wildman–Crippen LogP) is 4.91. The van der Waals surface area contributed by atoms with E-state index in [1.54, 1.807) is 18.2 Å². The van der Waals surface area contributed by atoms with E-state index in [1.165, 1.54) is 6.42 Å². The van der Waals surface area contributed by atoms with Crippen LogP contribution in [0.4, 0.5) is 0 Å². The molecule has 2 aromatic rings. The lowest BCUT2D eigenvalue weighted by Crippen LogP contribution is -2.06. The first-order valence-corrected chi connectivity index (χ1v) is 8.50. The Bertz CT molecular complexity index is 704. The molecule has 0 aliphatic carbocycles. The summed E-state index contributed by atoms with van der Waals surface area (Å²) in [6, 6.07) is 15.2. The minimum absolute atomic E-state index is 0.0395. The smallest absolute Gasteiger partial charge is 0.185 e. The van der Waals surface area contributed by atoms with E-state index < -0.39 is 0 Å². The summed E-state index contributed by atoms with van der Waals surface area (Å²) in [7, 11) is 0. The Morgan fingerprint density at radius 1 is 0.833 bits per heavy atom. The van der Waals surface area contributed by atoms with Gasteiger partial charge in [0.05, 0.1) is 13.2 Å². The lowest BCUT2D eigenvalue weighted by atomic mass is 10.1. The van der Waals surface area contributed by atoms with Crippen LogP contribution < -0.4 is 9.47 Å². The molecule has 0 saturated heterocycles. The number of benzene rings is 2. The van der Waals surface area contributed by atoms with Crippen LogP contribution in [0.5, 0.6) is 11.5 Å². The highest BCUT2D eigenvalue weighted by molar-refractivity contribution is 6.07. The van der Waals surface area contributed by atoms with Crippen LogP contribution in [0.1, 0.15) is 41.6 Å². The summed E-state index contributed by atoms with van der Waals surface area (Å²) in [4.78, 5) is 12.4. The van der Waals surface area contributed by atoms with Crippen molar-refractivity contribution >= 4 is 11.9 Å². The molecule has 3 rings (SSSR count). The van der Waals surface area contributed by atoms with Crippen LogP contribution in [0.3, 0.4) is 0 Å². The van der Waals surface area contributed by atoms with Crippen molar-refractivity contribution in [3.05, 3.63) is 65.7 Å². The van der Waals surface area contributed by atoms with Crippen LogP contribution in [0.15, 0.2) is 54.6 Å². The molecule has 24 heavy (non-hydrogen) atoms. The zero-order valence-corrected chi connectivity index (χ0v) is 13.7. The molecule has 1 aliphatic rings. The minimum Gasteiger partial charge on any atom is -0.490 e. The van der Waals surface area contributed by atoms with E-state index >= 15 is 0 Å². The van der Waals surface area contributed by atoms with Gasteiger partial charge >= 0.3 is 0 Å². The maximum absolute atomic E-state index is 12.4. The Morgan fingerprint density at radius 2 is 1.54 bits per heavy atom. The monoisotopic (exact) mass is 322 g/mol. The Kier molecular flexibility index (Phi) is 5.67. The molecule has 3 nitrogen and oxygen atoms in total. The summed E-state index contributed by atoms with van der Waals surface area (Å²) in [5, 5.41) is 0. The third-order valence-electron chi connectivity index (χ3n) is 4.01. The molecular formula is C21H22O3. The maximum atomic E-state index is 12.4. The van der Waals surface area contributed by atoms with Crippen LogP contribution in [-0.4, -0.2) is 19.0 Å². The molecule has 0 atom stereocenters. The average Bonchev–Trinajstić information content (AvgIpc) is 2.64. The Labute approximate surface area is 142 Å². The van der Waals surface area contributed by atoms with Gasteiger partial charge in [-0.1, -0.05) is 36.4 Å². The highest BCUT2D eigenvalue weighted by Crippen LogP contribution is 2.30.